The summed E-state index contributed by atoms with van der Waals surface area (Å²) in [5.74, 6) is -2.22. The average molecular weight is 1240 g/mol. The number of carbonyl (C=O) groups is 5. The molecule has 5 amide bonds. The van der Waals surface area contributed by atoms with Crippen molar-refractivity contribution in [1.82, 2.24) is 40.0 Å². The van der Waals surface area contributed by atoms with Crippen LogP contribution in [0.2, 0.25) is 0 Å². The molecule has 480 valence electrons. The molecule has 0 atom stereocenters. The van der Waals surface area contributed by atoms with Gasteiger partial charge in [-0.15, -0.1) is 0 Å². The van der Waals surface area contributed by atoms with E-state index < -0.39 is 29.4 Å². The van der Waals surface area contributed by atoms with E-state index in [1.54, 1.807) is 68.4 Å². The Balaban J connectivity index is 0.000000249. The highest BCUT2D eigenvalue weighted by Gasteiger charge is 2.28. The first kappa shape index (κ1) is 70.5. The van der Waals surface area contributed by atoms with E-state index in [1.165, 1.54) is 38.3 Å². The molecule has 0 aliphatic carbocycles. The van der Waals surface area contributed by atoms with Crippen molar-refractivity contribution in [2.75, 3.05) is 37.0 Å². The van der Waals surface area contributed by atoms with Crippen LogP contribution in [-0.4, -0.2) is 78.7 Å². The average Bonchev–Trinajstić information content (AvgIpc) is 1.78. The number of nitrogens with zero attached hydrogens (tertiary/aromatic N) is 6. The molecule has 8 rings (SSSR count). The van der Waals surface area contributed by atoms with Gasteiger partial charge in [0.05, 0.1) is 54.0 Å². The van der Waals surface area contributed by atoms with Gasteiger partial charge < -0.3 is 65.0 Å². The van der Waals surface area contributed by atoms with Gasteiger partial charge in [0, 0.05) is 30.8 Å². The number of ether oxygens (including phenoxy) is 3. The molecule has 5 aromatic carbocycles. The Kier molecular flexibility index (Phi) is 24.3. The number of nitrogen functional groups attached to an aromatic ring is 3. The number of benzene rings is 5. The maximum Gasteiger partial charge on any atom is 0.269 e. The molecule has 0 radical (unpaired) electrons. The van der Waals surface area contributed by atoms with Crippen LogP contribution >= 0.6 is 0 Å². The number of carbonyl (C=O) groups excluding carboxylic acids is 5. The summed E-state index contributed by atoms with van der Waals surface area (Å²) < 4.78 is 48.6. The highest BCUT2D eigenvalue weighted by atomic mass is 19.1. The standard InChI is InChI=1S/2C24H28FN5O3.C16H23N5O2.CH4/c2*1-5-33-19-10-15(12-28-24(32)17-11-16(25)8-6-14(17)4)7-9-18(19)30-22(23(27)31)20(26)21(29-30)13(2)3;1-4-23-12-7-10(8-17)5-6-11(12)21-15(16(19)22)13(18)14(20-21)9(2)3;/h2*6-11,13H,5,12,26H2,1-4H3,(H2,27,31)(H,28,32);5-7,9H,4,8,17-18H2,1-3H3,(H2,19,22);1H4. The SMILES string of the molecule is C.CCOc1cc(CN)ccc1-n1nc(C(C)C)c(N)c1C(N)=O.CCOc1cc(CNC(=O)c2cc(F)ccc2C)ccc1-n1nc(C(C)C)c(N)c1C(N)=O.CCOc1cc(CNC(=O)c2cc(F)ccc2C)ccc1-n1nc(C(C)C)c(N)c1C(N)=O. The molecular formula is C65H83F2N15O8. The zero-order valence-corrected chi connectivity index (χ0v) is 51.9. The lowest BCUT2D eigenvalue weighted by Crippen LogP contribution is -2.24. The van der Waals surface area contributed by atoms with Crippen LogP contribution in [0.3, 0.4) is 0 Å². The van der Waals surface area contributed by atoms with Gasteiger partial charge in [0.2, 0.25) is 0 Å². The molecule has 0 spiro atoms. The molecule has 0 unspecified atom stereocenters. The third kappa shape index (κ3) is 16.3. The number of halogens is 2. The van der Waals surface area contributed by atoms with Crippen molar-refractivity contribution < 1.29 is 47.0 Å². The van der Waals surface area contributed by atoms with E-state index in [-0.39, 0.29) is 89.7 Å². The van der Waals surface area contributed by atoms with Crippen LogP contribution in [0, 0.1) is 25.5 Å². The van der Waals surface area contributed by atoms with Gasteiger partial charge in [-0.3, -0.25) is 24.0 Å². The van der Waals surface area contributed by atoms with Crippen LogP contribution in [-0.2, 0) is 19.6 Å². The molecule has 0 aliphatic heterocycles. The Morgan fingerprint density at radius 3 is 1.03 bits per heavy atom. The van der Waals surface area contributed by atoms with Gasteiger partial charge in [-0.1, -0.05) is 79.3 Å². The number of primary amides is 3. The van der Waals surface area contributed by atoms with Crippen LogP contribution in [0.4, 0.5) is 25.8 Å². The first-order valence-electron chi connectivity index (χ1n) is 28.8. The van der Waals surface area contributed by atoms with E-state index >= 15 is 0 Å². The van der Waals surface area contributed by atoms with E-state index in [0.717, 1.165) is 16.7 Å². The van der Waals surface area contributed by atoms with Gasteiger partial charge in [-0.2, -0.15) is 15.3 Å². The van der Waals surface area contributed by atoms with Crippen molar-refractivity contribution in [3.63, 3.8) is 0 Å². The van der Waals surface area contributed by atoms with Gasteiger partial charge in [0.1, 0.15) is 45.9 Å². The number of anilines is 3. The Morgan fingerprint density at radius 2 is 0.767 bits per heavy atom. The van der Waals surface area contributed by atoms with Crippen LogP contribution in [0.5, 0.6) is 17.2 Å². The Morgan fingerprint density at radius 1 is 0.478 bits per heavy atom. The lowest BCUT2D eigenvalue weighted by molar-refractivity contribution is 0.0941. The summed E-state index contributed by atoms with van der Waals surface area (Å²) in [4.78, 5) is 61.2. The first-order chi connectivity index (χ1) is 42.2. The van der Waals surface area contributed by atoms with Crippen LogP contribution in [0.15, 0.2) is 91.0 Å². The molecule has 3 aromatic heterocycles. The van der Waals surface area contributed by atoms with Gasteiger partial charge in [-0.05, 0) is 141 Å². The van der Waals surface area contributed by atoms with Gasteiger partial charge in [-0.25, -0.2) is 22.8 Å². The molecule has 0 bridgehead atoms. The minimum atomic E-state index is -0.698. The highest BCUT2D eigenvalue weighted by molar-refractivity contribution is 5.99. The number of hydrogen-bond acceptors (Lipinski definition) is 15. The van der Waals surface area contributed by atoms with Crippen LogP contribution < -0.4 is 65.0 Å². The van der Waals surface area contributed by atoms with Gasteiger partial charge in [0.25, 0.3) is 29.5 Å². The fourth-order valence-electron chi connectivity index (χ4n) is 9.45. The van der Waals surface area contributed by atoms with Crippen molar-refractivity contribution in [1.29, 1.82) is 0 Å². The van der Waals surface area contributed by atoms with Crippen molar-refractivity contribution in [3.8, 4) is 34.3 Å². The largest absolute Gasteiger partial charge is 0.492 e. The number of aryl methyl sites for hydroxylation is 2. The predicted molar refractivity (Wildman–Crippen MR) is 344 cm³/mol. The van der Waals surface area contributed by atoms with Crippen molar-refractivity contribution in [2.24, 2.45) is 22.9 Å². The first-order valence-corrected chi connectivity index (χ1v) is 28.8. The zero-order chi connectivity index (χ0) is 65.7. The summed E-state index contributed by atoms with van der Waals surface area (Å²) in [6.07, 6.45) is 0. The second kappa shape index (κ2) is 31.1. The number of hydrogen-bond donors (Lipinski definition) is 9. The minimum absolute atomic E-state index is 0. The molecule has 0 fully saturated rings. The van der Waals surface area contributed by atoms with Crippen molar-refractivity contribution in [3.05, 3.63) is 176 Å². The van der Waals surface area contributed by atoms with Crippen LogP contribution in [0.1, 0.15) is 185 Å². The molecule has 0 saturated carbocycles. The molecule has 0 aliphatic rings. The second-order valence-electron chi connectivity index (χ2n) is 21.4. The Hall–Kier alpha value is -10.3. The minimum Gasteiger partial charge on any atom is -0.492 e. The molecule has 16 N–H and O–H groups in total. The zero-order valence-electron chi connectivity index (χ0n) is 51.9. The Labute approximate surface area is 522 Å². The lowest BCUT2D eigenvalue weighted by atomic mass is 10.1. The van der Waals surface area contributed by atoms with E-state index in [2.05, 4.69) is 25.9 Å². The van der Waals surface area contributed by atoms with E-state index in [1.807, 2.05) is 74.4 Å². The predicted octanol–water partition coefficient (Wildman–Crippen LogP) is 9.08. The highest BCUT2D eigenvalue weighted by Crippen LogP contribution is 2.35. The quantitative estimate of drug-likeness (QED) is 0.0305. The third-order valence-electron chi connectivity index (χ3n) is 13.9. The van der Waals surface area contributed by atoms with Crippen molar-refractivity contribution >= 4 is 46.6 Å². The van der Waals surface area contributed by atoms with E-state index in [0.29, 0.717) is 94.6 Å². The number of nitrogens with two attached hydrogens (primary N) is 7. The fraction of sp³-hybridized carbons (Fsp3) is 0.323. The number of rotatable bonds is 22. The normalized spacial score (nSPS) is 10.9. The summed E-state index contributed by atoms with van der Waals surface area (Å²) in [6, 6.07) is 24.1. The molecule has 23 nitrogen and oxygen atoms in total. The third-order valence-corrected chi connectivity index (χ3v) is 13.9. The van der Waals surface area contributed by atoms with Gasteiger partial charge in [0.15, 0.2) is 17.1 Å². The number of amides is 5. The molecular weight excluding hydrogens is 1160 g/mol. The molecule has 0 saturated heterocycles. The molecule has 3 heterocycles. The molecule has 8 aromatic rings. The Bertz CT molecular complexity index is 3720. The summed E-state index contributed by atoms with van der Waals surface area (Å²) in [6.45, 7) is 22.6. The van der Waals surface area contributed by atoms with Gasteiger partial charge >= 0.3 is 0 Å². The molecule has 25 heteroatoms. The maximum atomic E-state index is 13.5. The molecule has 90 heavy (non-hydrogen) atoms. The van der Waals surface area contributed by atoms with Crippen molar-refractivity contribution in [2.45, 2.75) is 121 Å². The smallest absolute Gasteiger partial charge is 0.269 e. The monoisotopic (exact) mass is 1240 g/mol. The van der Waals surface area contributed by atoms with E-state index in [9.17, 15) is 32.8 Å². The summed E-state index contributed by atoms with van der Waals surface area (Å²) in [5.41, 5.74) is 49.5. The van der Waals surface area contributed by atoms with Crippen LogP contribution in [0.25, 0.3) is 17.1 Å². The fourth-order valence-corrected chi connectivity index (χ4v) is 9.45. The summed E-state index contributed by atoms with van der Waals surface area (Å²) in [7, 11) is 0. The number of nitrogens with one attached hydrogen (secondary N) is 2. The second-order valence-corrected chi connectivity index (χ2v) is 21.4. The maximum absolute atomic E-state index is 13.5. The van der Waals surface area contributed by atoms with E-state index in [4.69, 9.17) is 54.3 Å². The lowest BCUT2D eigenvalue weighted by Gasteiger charge is -2.14. The summed E-state index contributed by atoms with van der Waals surface area (Å²) in [5, 5.41) is 19.1. The summed E-state index contributed by atoms with van der Waals surface area (Å²) >= 11 is 0. The topological polar surface area (TPSA) is 373 Å². The number of aromatic nitrogens is 6.